The highest BCUT2D eigenvalue weighted by atomic mass is 16.3. The topological polar surface area (TPSA) is 143 Å². The van der Waals surface area contributed by atoms with Crippen molar-refractivity contribution in [3.05, 3.63) is 54.1 Å². The summed E-state index contributed by atoms with van der Waals surface area (Å²) in [6.45, 7) is 3.61. The van der Waals surface area contributed by atoms with Gasteiger partial charge in [0.05, 0.1) is 30.7 Å². The maximum absolute atomic E-state index is 10.1. The van der Waals surface area contributed by atoms with E-state index in [1.807, 2.05) is 6.20 Å². The third kappa shape index (κ3) is 6.03. The van der Waals surface area contributed by atoms with Crippen molar-refractivity contribution in [2.45, 2.75) is 51.1 Å². The van der Waals surface area contributed by atoms with Gasteiger partial charge in [-0.05, 0) is 45.0 Å². The van der Waals surface area contributed by atoms with Gasteiger partial charge in [-0.3, -0.25) is 4.90 Å². The summed E-state index contributed by atoms with van der Waals surface area (Å²) < 4.78 is 1.58. The lowest BCUT2D eigenvalue weighted by Crippen LogP contribution is -2.49. The molecule has 3 rings (SSSR count). The standard InChI is InChI=1S/C25H39N7O2/c1-3-31(15-20(17-33)30(2)18-9-5-4-6-10-18)19-14-29-32(16-19)23(25(27)28)13-22(26)21-11-7-8-12-24(21)34/h7-8,11-14,16,18,20,33-34H,3-6,9-10,15,17,26-28H2,1-2H3/b22-13-. The van der Waals surface area contributed by atoms with Gasteiger partial charge in [-0.1, -0.05) is 31.4 Å². The molecule has 0 saturated heterocycles. The van der Waals surface area contributed by atoms with Gasteiger partial charge in [0.15, 0.2) is 0 Å². The number of aromatic hydroxyl groups is 1. The summed E-state index contributed by atoms with van der Waals surface area (Å²) in [5.41, 5.74) is 20.3. The smallest absolute Gasteiger partial charge is 0.124 e. The number of hydrogen-bond donors (Lipinski definition) is 5. The molecule has 0 bridgehead atoms. The largest absolute Gasteiger partial charge is 0.507 e. The maximum Gasteiger partial charge on any atom is 0.124 e. The van der Waals surface area contributed by atoms with E-state index in [1.54, 1.807) is 41.2 Å². The second-order valence-electron chi connectivity index (χ2n) is 8.93. The Labute approximate surface area is 202 Å². The van der Waals surface area contributed by atoms with E-state index in [-0.39, 0.29) is 24.2 Å². The summed E-state index contributed by atoms with van der Waals surface area (Å²) >= 11 is 0. The Kier molecular flexibility index (Phi) is 8.84. The van der Waals surface area contributed by atoms with Gasteiger partial charge in [-0.15, -0.1) is 0 Å². The maximum atomic E-state index is 10.1. The average molecular weight is 470 g/mol. The zero-order valence-electron chi connectivity index (χ0n) is 20.3. The van der Waals surface area contributed by atoms with Crippen LogP contribution in [0, 0.1) is 0 Å². The molecule has 0 spiro atoms. The second kappa shape index (κ2) is 11.8. The molecular formula is C25H39N7O2. The van der Waals surface area contributed by atoms with Crippen molar-refractivity contribution >= 4 is 17.1 Å². The number of para-hydroxylation sites is 1. The van der Waals surface area contributed by atoms with Gasteiger partial charge < -0.3 is 32.3 Å². The fraction of sp³-hybridized carbons (Fsp3) is 0.480. The molecule has 1 aromatic heterocycles. The fourth-order valence-corrected chi connectivity index (χ4v) is 4.61. The highest BCUT2D eigenvalue weighted by molar-refractivity contribution is 5.77. The molecule has 0 aliphatic heterocycles. The van der Waals surface area contributed by atoms with E-state index in [0.29, 0.717) is 29.5 Å². The van der Waals surface area contributed by atoms with Crippen LogP contribution >= 0.6 is 0 Å². The van der Waals surface area contributed by atoms with E-state index in [9.17, 15) is 10.2 Å². The number of phenolic OH excluding ortho intramolecular Hbond substituents is 1. The highest BCUT2D eigenvalue weighted by Crippen LogP contribution is 2.26. The summed E-state index contributed by atoms with van der Waals surface area (Å²) in [5, 5.41) is 24.7. The number of hydrogen-bond acceptors (Lipinski definition) is 8. The lowest BCUT2D eigenvalue weighted by molar-refractivity contribution is 0.0927. The fourth-order valence-electron chi connectivity index (χ4n) is 4.61. The summed E-state index contributed by atoms with van der Waals surface area (Å²) in [7, 11) is 2.12. The van der Waals surface area contributed by atoms with Gasteiger partial charge in [0.1, 0.15) is 17.3 Å². The zero-order chi connectivity index (χ0) is 24.7. The molecule has 186 valence electrons. The lowest BCUT2D eigenvalue weighted by atomic mass is 9.93. The minimum Gasteiger partial charge on any atom is -0.507 e. The Hall–Kier alpha value is -3.17. The van der Waals surface area contributed by atoms with Crippen molar-refractivity contribution in [2.24, 2.45) is 17.2 Å². The van der Waals surface area contributed by atoms with Crippen LogP contribution in [0.25, 0.3) is 11.4 Å². The van der Waals surface area contributed by atoms with Crippen LogP contribution < -0.4 is 22.1 Å². The molecule has 1 atom stereocenters. The monoisotopic (exact) mass is 469 g/mol. The summed E-state index contributed by atoms with van der Waals surface area (Å²) in [5.74, 6) is 0.128. The number of aliphatic hydroxyl groups is 1. The summed E-state index contributed by atoms with van der Waals surface area (Å²) in [6.07, 6.45) is 11.4. The Balaban J connectivity index is 1.79. The Bertz CT molecular complexity index is 991. The van der Waals surface area contributed by atoms with E-state index in [4.69, 9.17) is 17.2 Å². The van der Waals surface area contributed by atoms with Crippen LogP contribution in [-0.4, -0.2) is 63.7 Å². The predicted molar refractivity (Wildman–Crippen MR) is 137 cm³/mol. The van der Waals surface area contributed by atoms with E-state index >= 15 is 0 Å². The minimum absolute atomic E-state index is 0.0255. The molecule has 1 aromatic carbocycles. The number of benzene rings is 1. The van der Waals surface area contributed by atoms with Crippen molar-refractivity contribution in [2.75, 3.05) is 31.6 Å². The quantitative estimate of drug-likeness (QED) is 0.333. The summed E-state index contributed by atoms with van der Waals surface area (Å²) in [6, 6.07) is 7.34. The molecule has 1 aliphatic rings. The molecule has 1 unspecified atom stereocenters. The SMILES string of the molecule is CCN(CC(CO)N(C)C1CCCCC1)c1cnn(C(/C=C(\N)c2ccccc2O)=C(N)N)c1. The Morgan fingerprint density at radius 3 is 2.53 bits per heavy atom. The first-order valence-electron chi connectivity index (χ1n) is 12.0. The number of aromatic nitrogens is 2. The van der Waals surface area contributed by atoms with Crippen LogP contribution in [0.4, 0.5) is 5.69 Å². The van der Waals surface area contributed by atoms with E-state index in [2.05, 4.69) is 28.9 Å². The molecule has 0 amide bonds. The van der Waals surface area contributed by atoms with Crippen LogP contribution in [0.2, 0.25) is 0 Å². The van der Waals surface area contributed by atoms with Crippen LogP contribution in [0.5, 0.6) is 5.75 Å². The summed E-state index contributed by atoms with van der Waals surface area (Å²) in [4.78, 5) is 4.52. The number of likely N-dealkylation sites (N-methyl/N-ethyl adjacent to an activating group) is 2. The number of nitrogens with zero attached hydrogens (tertiary/aromatic N) is 4. The van der Waals surface area contributed by atoms with Gasteiger partial charge in [0.25, 0.3) is 0 Å². The molecule has 1 fully saturated rings. The normalized spacial score (nSPS) is 15.9. The number of rotatable bonds is 10. The third-order valence-corrected chi connectivity index (χ3v) is 6.73. The zero-order valence-corrected chi connectivity index (χ0v) is 20.3. The number of allylic oxidation sites excluding steroid dienone is 2. The molecule has 1 aliphatic carbocycles. The molecule has 34 heavy (non-hydrogen) atoms. The first kappa shape index (κ1) is 25.5. The highest BCUT2D eigenvalue weighted by Gasteiger charge is 2.26. The van der Waals surface area contributed by atoms with Crippen molar-refractivity contribution in [3.8, 4) is 5.75 Å². The van der Waals surface area contributed by atoms with Gasteiger partial charge >= 0.3 is 0 Å². The van der Waals surface area contributed by atoms with Crippen molar-refractivity contribution in [1.82, 2.24) is 14.7 Å². The molecular weight excluding hydrogens is 430 g/mol. The first-order valence-corrected chi connectivity index (χ1v) is 12.0. The van der Waals surface area contributed by atoms with Gasteiger partial charge in [-0.25, -0.2) is 4.68 Å². The second-order valence-corrected chi connectivity index (χ2v) is 8.93. The van der Waals surface area contributed by atoms with Gasteiger partial charge in [0.2, 0.25) is 0 Å². The average Bonchev–Trinajstić information content (AvgIpc) is 3.33. The first-order chi connectivity index (χ1) is 16.3. The third-order valence-electron chi connectivity index (χ3n) is 6.73. The van der Waals surface area contributed by atoms with Crippen LogP contribution in [0.1, 0.15) is 44.6 Å². The van der Waals surface area contributed by atoms with Crippen molar-refractivity contribution < 1.29 is 10.2 Å². The van der Waals surface area contributed by atoms with Crippen LogP contribution in [-0.2, 0) is 0 Å². The Morgan fingerprint density at radius 1 is 1.21 bits per heavy atom. The van der Waals surface area contributed by atoms with E-state index in [0.717, 1.165) is 12.2 Å². The van der Waals surface area contributed by atoms with Crippen molar-refractivity contribution in [3.63, 3.8) is 0 Å². The molecule has 9 heteroatoms. The number of anilines is 1. The molecule has 2 aromatic rings. The van der Waals surface area contributed by atoms with Crippen molar-refractivity contribution in [1.29, 1.82) is 0 Å². The molecule has 9 nitrogen and oxygen atoms in total. The molecule has 8 N–H and O–H groups in total. The van der Waals surface area contributed by atoms with E-state index < -0.39 is 0 Å². The minimum atomic E-state index is 0.0255. The Morgan fingerprint density at radius 2 is 1.91 bits per heavy atom. The van der Waals surface area contributed by atoms with Crippen LogP contribution in [0.3, 0.4) is 0 Å². The molecule has 1 heterocycles. The number of aliphatic hydroxyl groups excluding tert-OH is 1. The van der Waals surface area contributed by atoms with Gasteiger partial charge in [-0.2, -0.15) is 5.10 Å². The molecule has 1 saturated carbocycles. The lowest BCUT2D eigenvalue weighted by Gasteiger charge is -2.38. The van der Waals surface area contributed by atoms with Gasteiger partial charge in [0, 0.05) is 30.4 Å². The predicted octanol–water partition coefficient (Wildman–Crippen LogP) is 2.08. The number of nitrogens with two attached hydrogens (primary N) is 3. The molecule has 0 radical (unpaired) electrons. The number of phenols is 1. The van der Waals surface area contributed by atoms with Crippen LogP contribution in [0.15, 0.2) is 48.6 Å². The van der Waals surface area contributed by atoms with E-state index in [1.165, 1.54) is 32.1 Å².